The van der Waals surface area contributed by atoms with E-state index in [9.17, 15) is 9.59 Å². The van der Waals surface area contributed by atoms with E-state index in [1.54, 1.807) is 43.6 Å². The van der Waals surface area contributed by atoms with Crippen LogP contribution in [0.1, 0.15) is 12.0 Å². The lowest BCUT2D eigenvalue weighted by Crippen LogP contribution is -2.39. The van der Waals surface area contributed by atoms with Crippen molar-refractivity contribution >= 4 is 34.7 Å². The molecule has 34 heavy (non-hydrogen) atoms. The van der Waals surface area contributed by atoms with Gasteiger partial charge in [-0.3, -0.25) is 14.5 Å². The maximum absolute atomic E-state index is 13.3. The predicted molar refractivity (Wildman–Crippen MR) is 129 cm³/mol. The number of pyridine rings is 1. The van der Waals surface area contributed by atoms with Crippen molar-refractivity contribution in [1.82, 2.24) is 4.98 Å². The fourth-order valence-corrected chi connectivity index (χ4v) is 3.58. The van der Waals surface area contributed by atoms with Crippen LogP contribution in [0.15, 0.2) is 65.8 Å². The van der Waals surface area contributed by atoms with Crippen LogP contribution in [-0.4, -0.2) is 50.4 Å². The highest BCUT2D eigenvalue weighted by Crippen LogP contribution is 2.32. The van der Waals surface area contributed by atoms with Crippen molar-refractivity contribution in [2.75, 3.05) is 38.1 Å². The molecule has 0 spiro atoms. The van der Waals surface area contributed by atoms with E-state index in [1.165, 1.54) is 19.1 Å². The Labute approximate surface area is 197 Å². The normalized spacial score (nSPS) is 12.9. The number of ether oxygens (including phenoxy) is 3. The molecule has 2 heterocycles. The molecule has 2 amide bonds. The smallest absolute Gasteiger partial charge is 0.244 e. The number of hydrogen-bond acceptors (Lipinski definition) is 7. The van der Waals surface area contributed by atoms with Crippen molar-refractivity contribution in [2.45, 2.75) is 6.42 Å². The number of benzene rings is 2. The topological polar surface area (TPSA) is 102 Å². The van der Waals surface area contributed by atoms with Gasteiger partial charge in [0.05, 0.1) is 39.1 Å². The van der Waals surface area contributed by atoms with Crippen LogP contribution in [0, 0.1) is 0 Å². The van der Waals surface area contributed by atoms with E-state index in [4.69, 9.17) is 14.2 Å². The van der Waals surface area contributed by atoms with Crippen LogP contribution in [0.2, 0.25) is 0 Å². The summed E-state index contributed by atoms with van der Waals surface area (Å²) in [5.74, 6) is 1.36. The summed E-state index contributed by atoms with van der Waals surface area (Å²) < 4.78 is 15.8. The highest BCUT2D eigenvalue weighted by molar-refractivity contribution is 6.18. The number of aromatic nitrogens is 1. The lowest BCUT2D eigenvalue weighted by atomic mass is 10.1. The second-order valence-electron chi connectivity index (χ2n) is 7.40. The summed E-state index contributed by atoms with van der Waals surface area (Å²) in [6.45, 7) is -0.241. The van der Waals surface area contributed by atoms with Crippen molar-refractivity contribution in [2.24, 2.45) is 4.99 Å². The standard InChI is InChI=1S/C25H24N4O5/c1-32-17-8-6-16(7-9-17)20-14-24(31)29(25-19(27-20)5-4-12-26-25)15-23(30)28-21-13-18(33-2)10-11-22(21)34-3/h4-13H,14-15H2,1-3H3,(H,28,30). The molecule has 1 aliphatic heterocycles. The van der Waals surface area contributed by atoms with Crippen molar-refractivity contribution in [3.63, 3.8) is 0 Å². The number of carbonyl (C=O) groups is 2. The average Bonchev–Trinajstić information content (AvgIpc) is 3.00. The second kappa shape index (κ2) is 10.0. The largest absolute Gasteiger partial charge is 0.497 e. The number of amides is 2. The van der Waals surface area contributed by atoms with Gasteiger partial charge >= 0.3 is 0 Å². The molecule has 0 saturated heterocycles. The zero-order valence-electron chi connectivity index (χ0n) is 19.1. The van der Waals surface area contributed by atoms with E-state index < -0.39 is 5.91 Å². The SMILES string of the molecule is COc1ccc(C2=Nc3cccnc3N(CC(=O)Nc3cc(OC)ccc3OC)C(=O)C2)cc1. The van der Waals surface area contributed by atoms with Gasteiger partial charge in [-0.15, -0.1) is 0 Å². The van der Waals surface area contributed by atoms with E-state index in [1.807, 2.05) is 24.3 Å². The van der Waals surface area contributed by atoms with Gasteiger partial charge in [0.1, 0.15) is 29.5 Å². The molecule has 4 rings (SSSR count). The summed E-state index contributed by atoms with van der Waals surface area (Å²) >= 11 is 0. The number of aliphatic imine (C=N–C) groups is 1. The van der Waals surface area contributed by atoms with Crippen LogP contribution in [0.3, 0.4) is 0 Å². The van der Waals surface area contributed by atoms with Crippen molar-refractivity contribution < 1.29 is 23.8 Å². The summed E-state index contributed by atoms with van der Waals surface area (Å²) in [7, 11) is 4.63. The van der Waals surface area contributed by atoms with Gasteiger partial charge in [0.15, 0.2) is 5.82 Å². The minimum atomic E-state index is -0.413. The summed E-state index contributed by atoms with van der Waals surface area (Å²) in [4.78, 5) is 36.6. The molecule has 9 nitrogen and oxygen atoms in total. The monoisotopic (exact) mass is 460 g/mol. The van der Waals surface area contributed by atoms with Gasteiger partial charge in [-0.25, -0.2) is 9.98 Å². The Bertz CT molecular complexity index is 1240. The van der Waals surface area contributed by atoms with Crippen molar-refractivity contribution in [3.8, 4) is 17.2 Å². The maximum Gasteiger partial charge on any atom is 0.244 e. The predicted octanol–water partition coefficient (Wildman–Crippen LogP) is 3.60. The highest BCUT2D eigenvalue weighted by Gasteiger charge is 2.28. The lowest BCUT2D eigenvalue weighted by molar-refractivity contribution is -0.120. The molecule has 0 fully saturated rings. The molecule has 0 aliphatic carbocycles. The summed E-state index contributed by atoms with van der Waals surface area (Å²) in [5, 5.41) is 2.79. The van der Waals surface area contributed by atoms with Crippen LogP contribution in [-0.2, 0) is 9.59 Å². The van der Waals surface area contributed by atoms with Gasteiger partial charge in [-0.05, 0) is 54.1 Å². The number of fused-ring (bicyclic) bond motifs is 1. The van der Waals surface area contributed by atoms with Crippen LogP contribution < -0.4 is 24.4 Å². The minimum Gasteiger partial charge on any atom is -0.497 e. The van der Waals surface area contributed by atoms with E-state index >= 15 is 0 Å². The molecule has 3 aromatic rings. The quantitative estimate of drug-likeness (QED) is 0.578. The Kier molecular flexibility index (Phi) is 6.72. The van der Waals surface area contributed by atoms with Crippen LogP contribution in [0.25, 0.3) is 0 Å². The number of carbonyl (C=O) groups excluding carboxylic acids is 2. The summed E-state index contributed by atoms with van der Waals surface area (Å²) in [6, 6.07) is 15.9. The molecule has 0 unspecified atom stereocenters. The Balaban J connectivity index is 1.59. The molecule has 0 bridgehead atoms. The molecular weight excluding hydrogens is 436 g/mol. The number of anilines is 2. The van der Waals surface area contributed by atoms with Gasteiger partial charge in [0.2, 0.25) is 11.8 Å². The first-order valence-electron chi connectivity index (χ1n) is 10.5. The number of hydrogen-bond donors (Lipinski definition) is 1. The third-order valence-corrected chi connectivity index (χ3v) is 5.30. The number of nitrogens with one attached hydrogen (secondary N) is 1. The number of nitrogens with zero attached hydrogens (tertiary/aromatic N) is 3. The van der Waals surface area contributed by atoms with E-state index in [2.05, 4.69) is 15.3 Å². The summed E-state index contributed by atoms with van der Waals surface area (Å²) in [6.07, 6.45) is 1.58. The Hall–Kier alpha value is -4.40. The van der Waals surface area contributed by atoms with Crippen LogP contribution in [0.5, 0.6) is 17.2 Å². The average molecular weight is 460 g/mol. The van der Waals surface area contributed by atoms with Crippen molar-refractivity contribution in [3.05, 3.63) is 66.4 Å². The molecule has 1 aliphatic rings. The molecular formula is C25H24N4O5. The van der Waals surface area contributed by atoms with E-state index in [0.29, 0.717) is 40.2 Å². The molecule has 2 aromatic carbocycles. The molecule has 0 saturated carbocycles. The Morgan fingerprint density at radius 1 is 1.00 bits per heavy atom. The third-order valence-electron chi connectivity index (χ3n) is 5.30. The fraction of sp³-hybridized carbons (Fsp3) is 0.200. The van der Waals surface area contributed by atoms with Gasteiger partial charge in [0, 0.05) is 12.3 Å². The van der Waals surface area contributed by atoms with Gasteiger partial charge in [0.25, 0.3) is 0 Å². The lowest BCUT2D eigenvalue weighted by Gasteiger charge is -2.21. The molecule has 0 atom stereocenters. The van der Waals surface area contributed by atoms with E-state index in [-0.39, 0.29) is 18.9 Å². The number of methoxy groups -OCH3 is 3. The molecule has 174 valence electrons. The minimum absolute atomic E-state index is 0.0124. The molecule has 9 heteroatoms. The first-order chi connectivity index (χ1) is 16.5. The second-order valence-corrected chi connectivity index (χ2v) is 7.40. The van der Waals surface area contributed by atoms with Crippen LogP contribution >= 0.6 is 0 Å². The Morgan fingerprint density at radius 3 is 2.44 bits per heavy atom. The zero-order chi connectivity index (χ0) is 24.1. The third kappa shape index (κ3) is 4.83. The van der Waals surface area contributed by atoms with Crippen molar-refractivity contribution in [1.29, 1.82) is 0 Å². The molecule has 0 radical (unpaired) electrons. The first-order valence-corrected chi connectivity index (χ1v) is 10.5. The first kappa shape index (κ1) is 22.8. The van der Waals surface area contributed by atoms with Gasteiger partial charge in [-0.2, -0.15) is 0 Å². The van der Waals surface area contributed by atoms with Gasteiger partial charge in [-0.1, -0.05) is 0 Å². The van der Waals surface area contributed by atoms with Crippen LogP contribution in [0.4, 0.5) is 17.2 Å². The Morgan fingerprint density at radius 2 is 1.74 bits per heavy atom. The zero-order valence-corrected chi connectivity index (χ0v) is 19.1. The fourth-order valence-electron chi connectivity index (χ4n) is 3.58. The van der Waals surface area contributed by atoms with Gasteiger partial charge < -0.3 is 19.5 Å². The highest BCUT2D eigenvalue weighted by atomic mass is 16.5. The summed E-state index contributed by atoms with van der Waals surface area (Å²) in [5.41, 5.74) is 2.31. The maximum atomic E-state index is 13.3. The molecule has 1 aromatic heterocycles. The number of rotatable bonds is 7. The molecule has 1 N–H and O–H groups in total. The van der Waals surface area contributed by atoms with E-state index in [0.717, 1.165) is 5.56 Å².